The minimum atomic E-state index is -5.08. The summed E-state index contributed by atoms with van der Waals surface area (Å²) >= 11 is 0. The van der Waals surface area contributed by atoms with Gasteiger partial charge in [-0.25, -0.2) is 14.4 Å². The number of hydrogen-bond acceptors (Lipinski definition) is 7. The Hall–Kier alpha value is -3.68. The first-order chi connectivity index (χ1) is 22.4. The van der Waals surface area contributed by atoms with Gasteiger partial charge in [0.25, 0.3) is 0 Å². The van der Waals surface area contributed by atoms with Crippen molar-refractivity contribution in [1.82, 2.24) is 19.7 Å². The first-order valence-corrected chi connectivity index (χ1v) is 14.9. The number of carbonyl (C=O) groups is 4. The molecule has 49 heavy (non-hydrogen) atoms. The zero-order valence-corrected chi connectivity index (χ0v) is 26.2. The van der Waals surface area contributed by atoms with Gasteiger partial charge >= 0.3 is 36.4 Å². The number of carboxylic acids is 3. The van der Waals surface area contributed by atoms with Crippen molar-refractivity contribution in [2.75, 3.05) is 46.3 Å². The quantitative estimate of drug-likeness (QED) is 0.380. The number of nitrogens with zero attached hydrogens (tertiary/aromatic N) is 4. The predicted molar refractivity (Wildman–Crippen MR) is 151 cm³/mol. The van der Waals surface area contributed by atoms with E-state index in [-0.39, 0.29) is 5.41 Å². The van der Waals surface area contributed by atoms with Crippen LogP contribution in [-0.4, -0.2) is 124 Å². The van der Waals surface area contributed by atoms with Gasteiger partial charge < -0.3 is 25.1 Å². The number of alkyl halides is 9. The van der Waals surface area contributed by atoms with Crippen molar-refractivity contribution >= 4 is 23.8 Å². The molecular formula is C29H37F9N4O7. The highest BCUT2D eigenvalue weighted by atomic mass is 19.4. The van der Waals surface area contributed by atoms with Gasteiger partial charge in [-0.3, -0.25) is 14.7 Å². The molecule has 0 radical (unpaired) electrons. The maximum Gasteiger partial charge on any atom is 0.490 e. The summed E-state index contributed by atoms with van der Waals surface area (Å²) in [5.74, 6) is -7.22. The van der Waals surface area contributed by atoms with Gasteiger partial charge in [0.2, 0.25) is 5.91 Å². The fourth-order valence-corrected chi connectivity index (χ4v) is 6.89. The van der Waals surface area contributed by atoms with Crippen LogP contribution in [0.1, 0.15) is 44.1 Å². The number of piperidine rings is 1. The maximum atomic E-state index is 13.6. The highest BCUT2D eigenvalue weighted by Gasteiger charge is 2.64. The SMILES string of the molecule is CN1C[C@H]2C3(CCN(Cc4cccnc4)CC3)CC[C@@]2(C(=O)N2CCCC2)C1.O=C(O)C(F)(F)F.O=C(O)C(F)(F)F.O=C(O)C(F)(F)F. The average Bonchev–Trinajstić information content (AvgIpc) is 3.71. The minimum Gasteiger partial charge on any atom is -0.475 e. The number of rotatable bonds is 3. The van der Waals surface area contributed by atoms with E-state index in [9.17, 15) is 44.3 Å². The first-order valence-electron chi connectivity index (χ1n) is 14.9. The largest absolute Gasteiger partial charge is 0.490 e. The van der Waals surface area contributed by atoms with Crippen LogP contribution in [0.2, 0.25) is 0 Å². The molecule has 11 nitrogen and oxygen atoms in total. The molecule has 20 heteroatoms. The Labute approximate surface area is 274 Å². The zero-order valence-electron chi connectivity index (χ0n) is 26.2. The molecule has 4 heterocycles. The molecular weight excluding hydrogens is 687 g/mol. The van der Waals surface area contributed by atoms with Crippen molar-refractivity contribution in [2.45, 2.75) is 63.6 Å². The molecule has 1 aliphatic carbocycles. The van der Waals surface area contributed by atoms with Crippen LogP contribution in [-0.2, 0) is 25.7 Å². The minimum absolute atomic E-state index is 0.0926. The second-order valence-corrected chi connectivity index (χ2v) is 12.3. The molecule has 4 fully saturated rings. The molecule has 0 bridgehead atoms. The highest BCUT2D eigenvalue weighted by molar-refractivity contribution is 5.84. The lowest BCUT2D eigenvalue weighted by molar-refractivity contribution is -0.193. The summed E-state index contributed by atoms with van der Waals surface area (Å²) < 4.78 is 95.2. The van der Waals surface area contributed by atoms with E-state index in [2.05, 4.69) is 32.8 Å². The van der Waals surface area contributed by atoms with E-state index < -0.39 is 36.4 Å². The lowest BCUT2D eigenvalue weighted by Gasteiger charge is -2.45. The number of carbonyl (C=O) groups excluding carboxylic acids is 1. The number of likely N-dealkylation sites (tertiary alicyclic amines) is 3. The summed E-state index contributed by atoms with van der Waals surface area (Å²) in [6, 6.07) is 4.21. The van der Waals surface area contributed by atoms with Crippen molar-refractivity contribution in [1.29, 1.82) is 0 Å². The number of aromatic nitrogens is 1. The van der Waals surface area contributed by atoms with Crippen molar-refractivity contribution in [3.05, 3.63) is 30.1 Å². The van der Waals surface area contributed by atoms with E-state index in [1.807, 2.05) is 18.5 Å². The third-order valence-corrected chi connectivity index (χ3v) is 9.05. The molecule has 0 unspecified atom stereocenters. The molecule has 1 aromatic heterocycles. The van der Waals surface area contributed by atoms with Gasteiger partial charge in [-0.15, -0.1) is 0 Å². The average molecular weight is 725 g/mol. The van der Waals surface area contributed by atoms with Crippen LogP contribution in [0.25, 0.3) is 0 Å². The van der Waals surface area contributed by atoms with E-state index in [1.165, 1.54) is 37.7 Å². The van der Waals surface area contributed by atoms with E-state index >= 15 is 0 Å². The van der Waals surface area contributed by atoms with Crippen LogP contribution < -0.4 is 0 Å². The third kappa shape index (κ3) is 11.4. The summed E-state index contributed by atoms with van der Waals surface area (Å²) in [6.45, 7) is 7.39. The molecule has 1 spiro atoms. The van der Waals surface area contributed by atoms with E-state index in [0.717, 1.165) is 52.2 Å². The lowest BCUT2D eigenvalue weighted by atomic mass is 9.65. The molecule has 3 N–H and O–H groups in total. The van der Waals surface area contributed by atoms with Crippen molar-refractivity contribution < 1.29 is 74.0 Å². The predicted octanol–water partition coefficient (Wildman–Crippen LogP) is 4.53. The topological polar surface area (TPSA) is 152 Å². The third-order valence-electron chi connectivity index (χ3n) is 9.05. The van der Waals surface area contributed by atoms with Gasteiger partial charge in [0, 0.05) is 45.1 Å². The normalized spacial score (nSPS) is 23.6. The van der Waals surface area contributed by atoms with Crippen molar-refractivity contribution in [3.8, 4) is 0 Å². The van der Waals surface area contributed by atoms with Crippen LogP contribution in [0.5, 0.6) is 0 Å². The Morgan fingerprint density at radius 3 is 1.67 bits per heavy atom. The molecule has 0 aromatic carbocycles. The van der Waals surface area contributed by atoms with Crippen LogP contribution in [0.3, 0.4) is 0 Å². The summed E-state index contributed by atoms with van der Waals surface area (Å²) in [7, 11) is 2.22. The molecule has 278 valence electrons. The van der Waals surface area contributed by atoms with Crippen LogP contribution in [0.15, 0.2) is 24.5 Å². The first kappa shape index (κ1) is 41.5. The monoisotopic (exact) mass is 724 g/mol. The number of fused-ring (bicyclic) bond motifs is 2. The van der Waals surface area contributed by atoms with Crippen LogP contribution >= 0.6 is 0 Å². The number of amides is 1. The van der Waals surface area contributed by atoms with Crippen molar-refractivity contribution in [2.24, 2.45) is 16.7 Å². The summed E-state index contributed by atoms with van der Waals surface area (Å²) in [5, 5.41) is 21.4. The highest BCUT2D eigenvalue weighted by Crippen LogP contribution is 2.62. The van der Waals surface area contributed by atoms with Crippen LogP contribution in [0, 0.1) is 16.7 Å². The number of hydrogen-bond donors (Lipinski definition) is 3. The second-order valence-electron chi connectivity index (χ2n) is 12.3. The van der Waals surface area contributed by atoms with Gasteiger partial charge in [-0.1, -0.05) is 6.07 Å². The van der Waals surface area contributed by atoms with Gasteiger partial charge in [-0.2, -0.15) is 39.5 Å². The lowest BCUT2D eigenvalue weighted by Crippen LogP contribution is -2.49. The van der Waals surface area contributed by atoms with E-state index in [4.69, 9.17) is 29.7 Å². The summed E-state index contributed by atoms with van der Waals surface area (Å²) in [5.41, 5.74) is 1.60. The standard InChI is InChI=1S/C23H34N4O.3C2HF3O2/c1-25-17-20-22(6-7-23(20,18-25)21(28)27-11-2-3-12-27)8-13-26(14-9-22)16-19-5-4-10-24-15-19;3*3-2(4,5)1(6)7/h4-5,10,15,20H,2-3,6-9,11-14,16-18H2,1H3;3*(H,6,7)/t20-,23+;;;/m0.../s1. The Bertz CT molecular complexity index is 1220. The molecule has 3 saturated heterocycles. The number of halogens is 9. The number of aliphatic carboxylic acids is 3. The molecule has 2 atom stereocenters. The fourth-order valence-electron chi connectivity index (χ4n) is 6.89. The number of pyridine rings is 1. The van der Waals surface area contributed by atoms with Crippen molar-refractivity contribution in [3.63, 3.8) is 0 Å². The Morgan fingerprint density at radius 1 is 0.796 bits per heavy atom. The molecule has 4 aliphatic rings. The van der Waals surface area contributed by atoms with Gasteiger partial charge in [-0.05, 0) is 81.6 Å². The van der Waals surface area contributed by atoms with Gasteiger partial charge in [0.15, 0.2) is 0 Å². The van der Waals surface area contributed by atoms with Gasteiger partial charge in [0.05, 0.1) is 5.41 Å². The summed E-state index contributed by atoms with van der Waals surface area (Å²) in [6.07, 6.45) is -4.16. The Morgan fingerprint density at radius 2 is 1.27 bits per heavy atom. The molecule has 3 aliphatic heterocycles. The van der Waals surface area contributed by atoms with Crippen LogP contribution in [0.4, 0.5) is 39.5 Å². The van der Waals surface area contributed by atoms with E-state index in [1.54, 1.807) is 0 Å². The fraction of sp³-hybridized carbons (Fsp3) is 0.690. The molecule has 1 aromatic rings. The maximum absolute atomic E-state index is 13.6. The molecule has 5 rings (SSSR count). The number of carboxylic acid groups (broad SMARTS) is 3. The smallest absolute Gasteiger partial charge is 0.475 e. The Balaban J connectivity index is 0.000000325. The Kier molecular flexibility index (Phi) is 13.8. The second kappa shape index (κ2) is 16.4. The van der Waals surface area contributed by atoms with E-state index in [0.29, 0.717) is 17.2 Å². The summed E-state index contributed by atoms with van der Waals surface area (Å²) in [4.78, 5) is 51.8. The zero-order chi connectivity index (χ0) is 37.4. The molecule has 1 amide bonds. The van der Waals surface area contributed by atoms with Gasteiger partial charge in [0.1, 0.15) is 0 Å². The molecule has 1 saturated carbocycles.